The van der Waals surface area contributed by atoms with Gasteiger partial charge in [-0.15, -0.1) is 0 Å². The molecule has 0 spiro atoms. The first-order valence-corrected chi connectivity index (χ1v) is 9.30. The minimum absolute atomic E-state index is 0.183. The molecule has 4 aromatic rings. The lowest BCUT2D eigenvalue weighted by Crippen LogP contribution is -2.21. The predicted molar refractivity (Wildman–Crippen MR) is 117 cm³/mol. The fraction of sp³-hybridized carbons (Fsp3) is 0.130. The summed E-state index contributed by atoms with van der Waals surface area (Å²) >= 11 is 0. The summed E-state index contributed by atoms with van der Waals surface area (Å²) in [5, 5.41) is 0. The number of nitrogens with one attached hydrogen (secondary N) is 1. The van der Waals surface area contributed by atoms with Crippen LogP contribution in [0.2, 0.25) is 0 Å². The minimum atomic E-state index is -0.261. The number of rotatable bonds is 3. The van der Waals surface area contributed by atoms with Crippen LogP contribution in [-0.4, -0.2) is 19.5 Å². The molecule has 144 valence electrons. The van der Waals surface area contributed by atoms with Crippen LogP contribution in [0.15, 0.2) is 70.3 Å². The van der Waals surface area contributed by atoms with Crippen LogP contribution in [-0.2, 0) is 7.05 Å². The SMILES string of the molecule is C/C=C\C=C(/C)c1nc2cc3c(cc2[nH]c1=O)nc(-c1ccccc1)c(=O)n3C. The van der Waals surface area contributed by atoms with Crippen LogP contribution in [0, 0.1) is 0 Å². The smallest absolute Gasteiger partial charge is 0.277 e. The van der Waals surface area contributed by atoms with Crippen molar-refractivity contribution in [3.05, 3.63) is 87.1 Å². The lowest BCUT2D eigenvalue weighted by Gasteiger charge is -2.10. The molecule has 0 saturated carbocycles. The van der Waals surface area contributed by atoms with Crippen molar-refractivity contribution in [3.8, 4) is 11.3 Å². The van der Waals surface area contributed by atoms with Crippen molar-refractivity contribution < 1.29 is 0 Å². The van der Waals surface area contributed by atoms with Crippen molar-refractivity contribution in [1.82, 2.24) is 19.5 Å². The van der Waals surface area contributed by atoms with Crippen LogP contribution in [0.3, 0.4) is 0 Å². The highest BCUT2D eigenvalue weighted by Gasteiger charge is 2.13. The molecule has 0 saturated heterocycles. The third-order valence-corrected chi connectivity index (χ3v) is 4.85. The van der Waals surface area contributed by atoms with Crippen molar-refractivity contribution in [3.63, 3.8) is 0 Å². The fourth-order valence-electron chi connectivity index (χ4n) is 3.28. The summed E-state index contributed by atoms with van der Waals surface area (Å²) in [6, 6.07) is 12.9. The van der Waals surface area contributed by atoms with Crippen LogP contribution in [0.5, 0.6) is 0 Å². The lowest BCUT2D eigenvalue weighted by atomic mass is 10.1. The second-order valence-corrected chi connectivity index (χ2v) is 6.84. The number of H-pyrrole nitrogens is 1. The molecule has 29 heavy (non-hydrogen) atoms. The Labute approximate surface area is 166 Å². The second-order valence-electron chi connectivity index (χ2n) is 6.84. The molecular formula is C23H20N4O2. The largest absolute Gasteiger partial charge is 0.319 e. The Balaban J connectivity index is 1.99. The van der Waals surface area contributed by atoms with Crippen LogP contribution in [0.1, 0.15) is 19.5 Å². The molecule has 0 aliphatic heterocycles. The normalized spacial score (nSPS) is 12.3. The Morgan fingerprint density at radius 2 is 1.83 bits per heavy atom. The van der Waals surface area contributed by atoms with E-state index in [1.807, 2.05) is 62.4 Å². The van der Waals surface area contributed by atoms with E-state index in [9.17, 15) is 9.59 Å². The van der Waals surface area contributed by atoms with Crippen molar-refractivity contribution >= 4 is 27.6 Å². The molecule has 0 aliphatic rings. The summed E-state index contributed by atoms with van der Waals surface area (Å²) < 4.78 is 1.57. The molecule has 2 aromatic heterocycles. The van der Waals surface area contributed by atoms with Crippen molar-refractivity contribution in [2.75, 3.05) is 0 Å². The number of aryl methyl sites for hydroxylation is 1. The molecule has 1 N–H and O–H groups in total. The molecule has 6 heteroatoms. The molecule has 2 heterocycles. The maximum Gasteiger partial charge on any atom is 0.277 e. The minimum Gasteiger partial charge on any atom is -0.319 e. The van der Waals surface area contributed by atoms with Crippen molar-refractivity contribution in [1.29, 1.82) is 0 Å². The average Bonchev–Trinajstić information content (AvgIpc) is 2.73. The molecular weight excluding hydrogens is 364 g/mol. The van der Waals surface area contributed by atoms with Crippen LogP contribution in [0.25, 0.3) is 38.9 Å². The lowest BCUT2D eigenvalue weighted by molar-refractivity contribution is 0.896. The third-order valence-electron chi connectivity index (χ3n) is 4.85. The zero-order valence-electron chi connectivity index (χ0n) is 16.4. The summed E-state index contributed by atoms with van der Waals surface area (Å²) in [4.78, 5) is 37.4. The summed E-state index contributed by atoms with van der Waals surface area (Å²) in [5.74, 6) is 0. The van der Waals surface area contributed by atoms with Gasteiger partial charge in [0.2, 0.25) is 0 Å². The van der Waals surface area contributed by atoms with Crippen LogP contribution < -0.4 is 11.1 Å². The molecule has 0 fully saturated rings. The molecule has 0 amide bonds. The summed E-state index contributed by atoms with van der Waals surface area (Å²) in [6.45, 7) is 3.75. The van der Waals surface area contributed by atoms with E-state index >= 15 is 0 Å². The standard InChI is InChI=1S/C23H20N4O2/c1-4-5-9-14(2)20-22(28)26-16-12-18-19(13-17(16)24-20)27(3)23(29)21(25-18)15-10-7-6-8-11-15/h4-13H,1-3H3,(H,26,28)/b5-4-,14-9+. The zero-order valence-corrected chi connectivity index (χ0v) is 16.4. The molecule has 0 aliphatic carbocycles. The number of nitrogens with zero attached hydrogens (tertiary/aromatic N) is 3. The maximum atomic E-state index is 12.9. The van der Waals surface area contributed by atoms with Crippen molar-refractivity contribution in [2.45, 2.75) is 13.8 Å². The van der Waals surface area contributed by atoms with E-state index in [0.29, 0.717) is 33.5 Å². The van der Waals surface area contributed by atoms with Gasteiger partial charge in [0.15, 0.2) is 0 Å². The number of fused-ring (bicyclic) bond motifs is 2. The van der Waals surface area contributed by atoms with Gasteiger partial charge in [0.05, 0.1) is 22.1 Å². The van der Waals surface area contributed by atoms with Gasteiger partial charge >= 0.3 is 0 Å². The number of allylic oxidation sites excluding steroid dienone is 4. The Kier molecular flexibility index (Phi) is 4.68. The van der Waals surface area contributed by atoms with Gasteiger partial charge in [0.25, 0.3) is 11.1 Å². The number of aromatic amines is 1. The topological polar surface area (TPSA) is 80.6 Å². The molecule has 6 nitrogen and oxygen atoms in total. The first-order chi connectivity index (χ1) is 14.0. The van der Waals surface area contributed by atoms with Gasteiger partial charge in [0.1, 0.15) is 11.4 Å². The van der Waals surface area contributed by atoms with E-state index in [2.05, 4.69) is 15.0 Å². The molecule has 0 radical (unpaired) electrons. The number of hydrogen-bond acceptors (Lipinski definition) is 4. The molecule has 4 rings (SSSR count). The van der Waals surface area contributed by atoms with Gasteiger partial charge < -0.3 is 9.55 Å². The van der Waals surface area contributed by atoms with Gasteiger partial charge in [-0.05, 0) is 31.6 Å². The number of benzene rings is 2. The third kappa shape index (κ3) is 3.29. The number of hydrogen-bond donors (Lipinski definition) is 1. The van der Waals surface area contributed by atoms with Crippen molar-refractivity contribution in [2.24, 2.45) is 7.05 Å². The Hall–Kier alpha value is -3.80. The molecule has 0 unspecified atom stereocenters. The zero-order chi connectivity index (χ0) is 20.5. The highest BCUT2D eigenvalue weighted by atomic mass is 16.1. The van der Waals surface area contributed by atoms with E-state index in [4.69, 9.17) is 0 Å². The first-order valence-electron chi connectivity index (χ1n) is 9.30. The number of aromatic nitrogens is 4. The van der Waals surface area contributed by atoms with E-state index in [1.54, 1.807) is 23.7 Å². The Bertz CT molecular complexity index is 1410. The maximum absolute atomic E-state index is 12.9. The predicted octanol–water partition coefficient (Wildman–Crippen LogP) is 3.82. The van der Waals surface area contributed by atoms with E-state index < -0.39 is 0 Å². The fourth-order valence-corrected chi connectivity index (χ4v) is 3.28. The summed E-state index contributed by atoms with van der Waals surface area (Å²) in [6.07, 6.45) is 5.59. The first kappa shape index (κ1) is 18.6. The van der Waals surface area contributed by atoms with Gasteiger partial charge in [-0.25, -0.2) is 9.97 Å². The molecule has 0 bridgehead atoms. The van der Waals surface area contributed by atoms with E-state index in [-0.39, 0.29) is 11.1 Å². The van der Waals surface area contributed by atoms with Gasteiger partial charge in [-0.3, -0.25) is 9.59 Å². The highest BCUT2D eigenvalue weighted by molar-refractivity contribution is 5.92. The quantitative estimate of drug-likeness (QED) is 0.430. The van der Waals surface area contributed by atoms with Crippen LogP contribution in [0.4, 0.5) is 0 Å². The average molecular weight is 384 g/mol. The second kappa shape index (κ2) is 7.31. The molecule has 2 aromatic carbocycles. The Morgan fingerprint density at radius 3 is 2.55 bits per heavy atom. The summed E-state index contributed by atoms with van der Waals surface area (Å²) in [5.41, 5.74) is 4.25. The summed E-state index contributed by atoms with van der Waals surface area (Å²) in [7, 11) is 1.72. The molecule has 0 atom stereocenters. The van der Waals surface area contributed by atoms with Crippen LogP contribution >= 0.6 is 0 Å². The van der Waals surface area contributed by atoms with Gasteiger partial charge in [-0.2, -0.15) is 0 Å². The van der Waals surface area contributed by atoms with Gasteiger partial charge in [0, 0.05) is 12.6 Å². The highest BCUT2D eigenvalue weighted by Crippen LogP contribution is 2.21. The Morgan fingerprint density at radius 1 is 1.07 bits per heavy atom. The monoisotopic (exact) mass is 384 g/mol. The van der Waals surface area contributed by atoms with Gasteiger partial charge in [-0.1, -0.05) is 48.6 Å². The van der Waals surface area contributed by atoms with E-state index in [1.165, 1.54) is 0 Å². The van der Waals surface area contributed by atoms with E-state index in [0.717, 1.165) is 11.1 Å².